The van der Waals surface area contributed by atoms with Crippen LogP contribution in [0.25, 0.3) is 11.3 Å². The number of hydrazone groups is 1. The Morgan fingerprint density at radius 3 is 2.52 bits per heavy atom. The number of hydrogen-bond donors (Lipinski definition) is 1. The van der Waals surface area contributed by atoms with Crippen molar-refractivity contribution in [2.75, 3.05) is 12.5 Å². The van der Waals surface area contributed by atoms with E-state index in [0.717, 1.165) is 27.5 Å². The molecule has 4 rings (SSSR count). The molecule has 4 aromatic rings. The summed E-state index contributed by atoms with van der Waals surface area (Å²) in [6, 6.07) is 20.4. The number of thiazole rings is 1. The summed E-state index contributed by atoms with van der Waals surface area (Å²) in [5.74, 6) is 1.36. The highest BCUT2D eigenvalue weighted by molar-refractivity contribution is 7.14. The number of aryl methyl sites for hydroxylation is 3. The van der Waals surface area contributed by atoms with Crippen LogP contribution in [0.5, 0.6) is 11.5 Å². The van der Waals surface area contributed by atoms with Gasteiger partial charge in [0.25, 0.3) is 0 Å². The van der Waals surface area contributed by atoms with Gasteiger partial charge in [-0.2, -0.15) is 5.10 Å². The van der Waals surface area contributed by atoms with Crippen molar-refractivity contribution in [3.8, 4) is 22.8 Å². The van der Waals surface area contributed by atoms with Crippen LogP contribution >= 0.6 is 11.3 Å². The second-order valence-electron chi connectivity index (χ2n) is 7.89. The molecule has 0 aliphatic carbocycles. The van der Waals surface area contributed by atoms with Crippen molar-refractivity contribution < 1.29 is 9.47 Å². The maximum absolute atomic E-state index is 5.95. The van der Waals surface area contributed by atoms with Gasteiger partial charge in [0.05, 0.1) is 19.0 Å². The Bertz CT molecular complexity index is 1260. The van der Waals surface area contributed by atoms with E-state index < -0.39 is 0 Å². The molecular formula is C27H27N3O2S. The van der Waals surface area contributed by atoms with Gasteiger partial charge in [-0.15, -0.1) is 11.3 Å². The number of hydrogen-bond acceptors (Lipinski definition) is 6. The fourth-order valence-corrected chi connectivity index (χ4v) is 3.92. The number of methoxy groups -OCH3 is 1. The lowest BCUT2D eigenvalue weighted by atomic mass is 10.1. The van der Waals surface area contributed by atoms with Crippen molar-refractivity contribution >= 4 is 22.7 Å². The molecule has 0 aliphatic rings. The van der Waals surface area contributed by atoms with Gasteiger partial charge in [0.15, 0.2) is 11.5 Å². The van der Waals surface area contributed by atoms with E-state index in [0.29, 0.717) is 18.1 Å². The van der Waals surface area contributed by atoms with Crippen LogP contribution in [0.1, 0.15) is 27.8 Å². The quantitative estimate of drug-likeness (QED) is 0.234. The maximum Gasteiger partial charge on any atom is 0.203 e. The van der Waals surface area contributed by atoms with Crippen LogP contribution in [0.4, 0.5) is 5.13 Å². The SMILES string of the molecule is COc1cc(/C=N\Nc2nc(-c3ccc(C)c(C)c3)cs2)ccc1OCc1ccc(C)cc1. The lowest BCUT2D eigenvalue weighted by Crippen LogP contribution is -1.99. The molecule has 0 bridgehead atoms. The van der Waals surface area contributed by atoms with Gasteiger partial charge < -0.3 is 9.47 Å². The number of rotatable bonds is 8. The number of benzene rings is 3. The number of ether oxygens (including phenoxy) is 2. The molecule has 0 atom stereocenters. The molecule has 1 heterocycles. The largest absolute Gasteiger partial charge is 0.493 e. The third-order valence-electron chi connectivity index (χ3n) is 5.38. The molecule has 0 aliphatic heterocycles. The molecule has 3 aromatic carbocycles. The minimum absolute atomic E-state index is 0.485. The average molecular weight is 458 g/mol. The highest BCUT2D eigenvalue weighted by atomic mass is 32.1. The molecule has 0 saturated heterocycles. The molecular weight excluding hydrogens is 430 g/mol. The lowest BCUT2D eigenvalue weighted by molar-refractivity contribution is 0.284. The Morgan fingerprint density at radius 1 is 0.939 bits per heavy atom. The molecule has 0 spiro atoms. The molecule has 1 aromatic heterocycles. The summed E-state index contributed by atoms with van der Waals surface area (Å²) in [4.78, 5) is 4.64. The minimum atomic E-state index is 0.485. The van der Waals surface area contributed by atoms with Crippen molar-refractivity contribution in [2.45, 2.75) is 27.4 Å². The van der Waals surface area contributed by atoms with E-state index in [-0.39, 0.29) is 0 Å². The maximum atomic E-state index is 5.95. The van der Waals surface area contributed by atoms with Crippen molar-refractivity contribution in [2.24, 2.45) is 5.10 Å². The third-order valence-corrected chi connectivity index (χ3v) is 6.13. The topological polar surface area (TPSA) is 55.7 Å². The number of nitrogens with one attached hydrogen (secondary N) is 1. The molecule has 0 unspecified atom stereocenters. The van der Waals surface area contributed by atoms with Gasteiger partial charge in [0, 0.05) is 10.9 Å². The second kappa shape index (κ2) is 10.3. The van der Waals surface area contributed by atoms with Crippen molar-refractivity contribution in [3.63, 3.8) is 0 Å². The summed E-state index contributed by atoms with van der Waals surface area (Å²) >= 11 is 1.52. The van der Waals surface area contributed by atoms with Gasteiger partial charge in [-0.1, -0.05) is 42.0 Å². The van der Waals surface area contributed by atoms with Crippen LogP contribution in [0.2, 0.25) is 0 Å². The van der Waals surface area contributed by atoms with E-state index in [9.17, 15) is 0 Å². The zero-order valence-corrected chi connectivity index (χ0v) is 20.1. The number of anilines is 1. The van der Waals surface area contributed by atoms with Gasteiger partial charge in [-0.05, 0) is 67.3 Å². The molecule has 0 saturated carbocycles. The average Bonchev–Trinajstić information content (AvgIpc) is 3.30. The van der Waals surface area contributed by atoms with E-state index in [1.165, 1.54) is 28.0 Å². The van der Waals surface area contributed by atoms with E-state index in [1.807, 2.05) is 23.6 Å². The standard InChI is InChI=1S/C27H27N3O2S/c1-18-5-8-21(9-6-18)16-32-25-12-10-22(14-26(25)31-4)15-28-30-27-29-24(17-33-27)23-11-7-19(2)20(3)13-23/h5-15,17H,16H2,1-4H3,(H,29,30)/b28-15-. The first-order chi connectivity index (χ1) is 16.0. The van der Waals surface area contributed by atoms with E-state index >= 15 is 0 Å². The number of nitrogens with zero attached hydrogens (tertiary/aromatic N) is 2. The summed E-state index contributed by atoms with van der Waals surface area (Å²) in [7, 11) is 1.64. The minimum Gasteiger partial charge on any atom is -0.493 e. The van der Waals surface area contributed by atoms with Gasteiger partial charge in [0.1, 0.15) is 6.61 Å². The molecule has 1 N–H and O–H groups in total. The predicted octanol–water partition coefficient (Wildman–Crippen LogP) is 6.77. The first-order valence-electron chi connectivity index (χ1n) is 10.7. The zero-order valence-electron chi connectivity index (χ0n) is 19.3. The molecule has 168 valence electrons. The van der Waals surface area contributed by atoms with Crippen molar-refractivity contribution in [1.29, 1.82) is 0 Å². The summed E-state index contributed by atoms with van der Waals surface area (Å²) in [6.07, 6.45) is 1.74. The third kappa shape index (κ3) is 5.79. The Balaban J connectivity index is 1.38. The van der Waals surface area contributed by atoms with Crippen LogP contribution in [-0.2, 0) is 6.61 Å². The zero-order chi connectivity index (χ0) is 23.2. The molecule has 33 heavy (non-hydrogen) atoms. The van der Waals surface area contributed by atoms with Crippen molar-refractivity contribution in [1.82, 2.24) is 4.98 Å². The fraction of sp³-hybridized carbons (Fsp3) is 0.185. The Morgan fingerprint density at radius 2 is 1.76 bits per heavy atom. The van der Waals surface area contributed by atoms with E-state index in [4.69, 9.17) is 9.47 Å². The van der Waals surface area contributed by atoms with Crippen LogP contribution < -0.4 is 14.9 Å². The summed E-state index contributed by atoms with van der Waals surface area (Å²) in [5, 5.41) is 7.11. The van der Waals surface area contributed by atoms with E-state index in [1.54, 1.807) is 13.3 Å². The predicted molar refractivity (Wildman–Crippen MR) is 137 cm³/mol. The van der Waals surface area contributed by atoms with Crippen LogP contribution in [0.15, 0.2) is 71.1 Å². The molecule has 0 radical (unpaired) electrons. The fourth-order valence-electron chi connectivity index (χ4n) is 3.25. The van der Waals surface area contributed by atoms with Crippen LogP contribution in [-0.4, -0.2) is 18.3 Å². The highest BCUT2D eigenvalue weighted by Gasteiger charge is 2.07. The number of aromatic nitrogens is 1. The van der Waals surface area contributed by atoms with Gasteiger partial charge in [0.2, 0.25) is 5.13 Å². The second-order valence-corrected chi connectivity index (χ2v) is 8.75. The summed E-state index contributed by atoms with van der Waals surface area (Å²) < 4.78 is 11.5. The summed E-state index contributed by atoms with van der Waals surface area (Å²) in [5.41, 5.74) is 10.8. The smallest absolute Gasteiger partial charge is 0.203 e. The lowest BCUT2D eigenvalue weighted by Gasteiger charge is -2.11. The van der Waals surface area contributed by atoms with Crippen LogP contribution in [0.3, 0.4) is 0 Å². The monoisotopic (exact) mass is 457 g/mol. The highest BCUT2D eigenvalue weighted by Crippen LogP contribution is 2.29. The van der Waals surface area contributed by atoms with Gasteiger partial charge in [-0.3, -0.25) is 5.43 Å². The molecule has 0 fully saturated rings. The molecule has 0 amide bonds. The first-order valence-corrected chi connectivity index (χ1v) is 11.6. The first kappa shape index (κ1) is 22.6. The normalized spacial score (nSPS) is 11.0. The Labute approximate surface area is 198 Å². The Kier molecular flexibility index (Phi) is 7.05. The van der Waals surface area contributed by atoms with Crippen molar-refractivity contribution in [3.05, 3.63) is 93.9 Å². The molecule has 6 heteroatoms. The van der Waals surface area contributed by atoms with Crippen LogP contribution in [0, 0.1) is 20.8 Å². The molecule has 5 nitrogen and oxygen atoms in total. The summed E-state index contributed by atoms with van der Waals surface area (Å²) in [6.45, 7) is 6.78. The van der Waals surface area contributed by atoms with Gasteiger partial charge in [-0.25, -0.2) is 4.98 Å². The Hall–Kier alpha value is -3.64. The van der Waals surface area contributed by atoms with Gasteiger partial charge >= 0.3 is 0 Å². The van der Waals surface area contributed by atoms with E-state index in [2.05, 4.69) is 78.7 Å².